The largest absolute Gasteiger partial charge is 0.573 e. The summed E-state index contributed by atoms with van der Waals surface area (Å²) in [6.45, 7) is 4.36. The van der Waals surface area contributed by atoms with Crippen LogP contribution in [0.5, 0.6) is 5.75 Å². The summed E-state index contributed by atoms with van der Waals surface area (Å²) in [4.78, 5) is 15.1. The fourth-order valence-corrected chi connectivity index (χ4v) is 2.69. The number of H-pyrrole nitrogens is 1. The van der Waals surface area contributed by atoms with Crippen molar-refractivity contribution < 1.29 is 22.7 Å². The molecule has 0 saturated carbocycles. The van der Waals surface area contributed by atoms with Gasteiger partial charge in [-0.2, -0.15) is 0 Å². The average Bonchev–Trinajstić information content (AvgIpc) is 3.19. The molecular weight excluding hydrogens is 363 g/mol. The molecule has 0 radical (unpaired) electrons. The molecule has 0 saturated heterocycles. The molecule has 1 aromatic carbocycles. The Hall–Kier alpha value is -3.04. The minimum absolute atomic E-state index is 0.215. The second-order valence-corrected chi connectivity index (χ2v) is 6.23. The van der Waals surface area contributed by atoms with Crippen LogP contribution in [0.15, 0.2) is 30.6 Å². The first-order valence-corrected chi connectivity index (χ1v) is 8.28. The number of nitrogens with zero attached hydrogens (tertiary/aromatic N) is 3. The first-order valence-electron chi connectivity index (χ1n) is 8.28. The molecule has 2 N–H and O–H groups in total. The summed E-state index contributed by atoms with van der Waals surface area (Å²) >= 11 is 0. The van der Waals surface area contributed by atoms with E-state index < -0.39 is 6.36 Å². The zero-order valence-electron chi connectivity index (χ0n) is 14.7. The highest BCUT2D eigenvalue weighted by atomic mass is 19.4. The maximum absolute atomic E-state index is 12.3. The molecule has 0 bridgehead atoms. The number of aromatic nitrogens is 4. The minimum atomic E-state index is -4.77. The summed E-state index contributed by atoms with van der Waals surface area (Å²) in [6.07, 6.45) is -2.62. The number of amides is 1. The van der Waals surface area contributed by atoms with E-state index in [1.54, 1.807) is 12.4 Å². The van der Waals surface area contributed by atoms with E-state index in [9.17, 15) is 18.0 Å². The summed E-state index contributed by atoms with van der Waals surface area (Å²) in [5.74, 6) is 0.0489. The number of alkyl halides is 3. The molecule has 0 aliphatic heterocycles. The number of nitrogens with one attached hydrogen (secondary N) is 2. The van der Waals surface area contributed by atoms with E-state index in [4.69, 9.17) is 0 Å². The molecule has 2 aromatic heterocycles. The van der Waals surface area contributed by atoms with Crippen LogP contribution in [-0.2, 0) is 6.42 Å². The van der Waals surface area contributed by atoms with Crippen LogP contribution in [0.3, 0.4) is 0 Å². The lowest BCUT2D eigenvalue weighted by atomic mass is 10.2. The minimum Gasteiger partial charge on any atom is -0.406 e. The molecular formula is C17H18F3N5O2. The molecule has 1 amide bonds. The summed E-state index contributed by atoms with van der Waals surface area (Å²) in [6, 6.07) is 5.63. The fraction of sp³-hybridized carbons (Fsp3) is 0.353. The lowest BCUT2D eigenvalue weighted by molar-refractivity contribution is -0.274. The molecule has 7 nitrogen and oxygen atoms in total. The molecule has 0 aliphatic carbocycles. The maximum Gasteiger partial charge on any atom is 0.573 e. The molecule has 3 rings (SSSR count). The van der Waals surface area contributed by atoms with Crippen LogP contribution in [0.1, 0.15) is 36.2 Å². The summed E-state index contributed by atoms with van der Waals surface area (Å²) < 4.78 is 42.7. The molecule has 27 heavy (non-hydrogen) atoms. The zero-order chi connectivity index (χ0) is 19.6. The molecule has 2 heterocycles. The standard InChI is InChI=1S/C17H18F3N5O2/c1-10(2)25-9-22-24-15(25)5-6-21-16(26)14-7-11-3-4-12(8-13(11)23-14)27-17(18,19)20/h3-4,7-10,23H,5-6H2,1-2H3,(H,21,26). The Morgan fingerprint density at radius 1 is 1.33 bits per heavy atom. The van der Waals surface area contributed by atoms with E-state index in [2.05, 4.69) is 25.2 Å². The van der Waals surface area contributed by atoms with Gasteiger partial charge in [-0.15, -0.1) is 23.4 Å². The number of hydrogen-bond acceptors (Lipinski definition) is 4. The summed E-state index contributed by atoms with van der Waals surface area (Å²) in [5, 5.41) is 11.3. The quantitative estimate of drug-likeness (QED) is 0.687. The van der Waals surface area contributed by atoms with Crippen LogP contribution < -0.4 is 10.1 Å². The van der Waals surface area contributed by atoms with Crippen molar-refractivity contribution in [1.29, 1.82) is 0 Å². The molecule has 0 atom stereocenters. The first kappa shape index (κ1) is 18.7. The molecule has 144 valence electrons. The predicted octanol–water partition coefficient (Wildman–Crippen LogP) is 3.21. The van der Waals surface area contributed by atoms with Crippen molar-refractivity contribution in [2.75, 3.05) is 6.54 Å². The van der Waals surface area contributed by atoms with E-state index >= 15 is 0 Å². The molecule has 0 aliphatic rings. The van der Waals surface area contributed by atoms with E-state index in [0.29, 0.717) is 23.9 Å². The number of carbonyl (C=O) groups excluding carboxylic acids is 1. The highest BCUT2D eigenvalue weighted by molar-refractivity contribution is 5.98. The SMILES string of the molecule is CC(C)n1cnnc1CCNC(=O)c1cc2ccc(OC(F)(F)F)cc2[nH]1. The Balaban J connectivity index is 1.64. The van der Waals surface area contributed by atoms with Crippen molar-refractivity contribution in [3.05, 3.63) is 42.1 Å². The Morgan fingerprint density at radius 3 is 2.81 bits per heavy atom. The lowest BCUT2D eigenvalue weighted by Gasteiger charge is -2.10. The summed E-state index contributed by atoms with van der Waals surface area (Å²) in [5.41, 5.74) is 0.626. The number of ether oxygens (including phenoxy) is 1. The number of fused-ring (bicyclic) bond motifs is 1. The maximum atomic E-state index is 12.3. The number of rotatable bonds is 6. The monoisotopic (exact) mass is 381 g/mol. The van der Waals surface area contributed by atoms with Gasteiger partial charge in [-0.3, -0.25) is 4.79 Å². The molecule has 0 unspecified atom stereocenters. The van der Waals surface area contributed by atoms with Crippen molar-refractivity contribution in [2.45, 2.75) is 32.7 Å². The van der Waals surface area contributed by atoms with Crippen LogP contribution in [0.2, 0.25) is 0 Å². The number of aromatic amines is 1. The molecule has 3 aromatic rings. The third kappa shape index (κ3) is 4.57. The van der Waals surface area contributed by atoms with E-state index in [1.807, 2.05) is 18.4 Å². The first-order chi connectivity index (χ1) is 12.7. The second-order valence-electron chi connectivity index (χ2n) is 6.23. The number of benzene rings is 1. The number of hydrogen-bond donors (Lipinski definition) is 2. The predicted molar refractivity (Wildman–Crippen MR) is 91.4 cm³/mol. The third-order valence-corrected chi connectivity index (χ3v) is 3.91. The van der Waals surface area contributed by atoms with Gasteiger partial charge in [0.2, 0.25) is 0 Å². The second kappa shape index (κ2) is 7.29. The third-order valence-electron chi connectivity index (χ3n) is 3.91. The van der Waals surface area contributed by atoms with Gasteiger partial charge in [-0.1, -0.05) is 0 Å². The average molecular weight is 381 g/mol. The van der Waals surface area contributed by atoms with Gasteiger partial charge in [-0.05, 0) is 32.0 Å². The molecule has 0 spiro atoms. The number of carbonyl (C=O) groups is 1. The zero-order valence-corrected chi connectivity index (χ0v) is 14.7. The Bertz CT molecular complexity index is 946. The van der Waals surface area contributed by atoms with Crippen molar-refractivity contribution >= 4 is 16.8 Å². The van der Waals surface area contributed by atoms with Gasteiger partial charge in [0.1, 0.15) is 23.6 Å². The van der Waals surface area contributed by atoms with Gasteiger partial charge in [0.25, 0.3) is 5.91 Å². The van der Waals surface area contributed by atoms with Crippen LogP contribution in [0, 0.1) is 0 Å². The topological polar surface area (TPSA) is 84.8 Å². The van der Waals surface area contributed by atoms with Crippen LogP contribution in [-0.4, -0.2) is 38.6 Å². The smallest absolute Gasteiger partial charge is 0.406 e. The van der Waals surface area contributed by atoms with Crippen LogP contribution in [0.25, 0.3) is 10.9 Å². The van der Waals surface area contributed by atoms with Crippen molar-refractivity contribution in [2.24, 2.45) is 0 Å². The fourth-order valence-electron chi connectivity index (χ4n) is 2.69. The van der Waals surface area contributed by atoms with Gasteiger partial charge in [0.15, 0.2) is 0 Å². The van der Waals surface area contributed by atoms with Crippen LogP contribution in [0.4, 0.5) is 13.2 Å². The Kier molecular flexibility index (Phi) is 5.06. The number of halogens is 3. The molecule has 0 fully saturated rings. The van der Waals surface area contributed by atoms with Gasteiger partial charge in [0.05, 0.1) is 0 Å². The van der Waals surface area contributed by atoms with Crippen molar-refractivity contribution in [3.63, 3.8) is 0 Å². The van der Waals surface area contributed by atoms with Gasteiger partial charge in [0, 0.05) is 36.0 Å². The van der Waals surface area contributed by atoms with E-state index in [1.165, 1.54) is 18.2 Å². The van der Waals surface area contributed by atoms with E-state index in [0.717, 1.165) is 5.82 Å². The summed E-state index contributed by atoms with van der Waals surface area (Å²) in [7, 11) is 0. The van der Waals surface area contributed by atoms with Crippen molar-refractivity contribution in [1.82, 2.24) is 25.1 Å². The van der Waals surface area contributed by atoms with Gasteiger partial charge < -0.3 is 19.6 Å². The van der Waals surface area contributed by atoms with Gasteiger partial charge >= 0.3 is 6.36 Å². The van der Waals surface area contributed by atoms with Gasteiger partial charge in [-0.25, -0.2) is 0 Å². The Morgan fingerprint density at radius 2 is 2.11 bits per heavy atom. The normalized spacial score (nSPS) is 11.9. The highest BCUT2D eigenvalue weighted by Gasteiger charge is 2.31. The van der Waals surface area contributed by atoms with Crippen molar-refractivity contribution in [3.8, 4) is 5.75 Å². The van der Waals surface area contributed by atoms with Crippen LogP contribution >= 0.6 is 0 Å². The lowest BCUT2D eigenvalue weighted by Crippen LogP contribution is -2.26. The Labute approximate surface area is 152 Å². The van der Waals surface area contributed by atoms with E-state index in [-0.39, 0.29) is 23.4 Å². The highest BCUT2D eigenvalue weighted by Crippen LogP contribution is 2.26. The molecule has 10 heteroatoms.